The predicted molar refractivity (Wildman–Crippen MR) is 123 cm³/mol. The third kappa shape index (κ3) is 5.66. The number of anilines is 2. The fourth-order valence-corrected chi connectivity index (χ4v) is 3.28. The highest BCUT2D eigenvalue weighted by Crippen LogP contribution is 2.21. The molecule has 0 atom stereocenters. The highest BCUT2D eigenvalue weighted by Gasteiger charge is 2.20. The molecule has 0 fully saturated rings. The van der Waals surface area contributed by atoms with Gasteiger partial charge in [0.1, 0.15) is 11.4 Å². The Bertz CT molecular complexity index is 1110. The molecule has 0 aromatic heterocycles. The van der Waals surface area contributed by atoms with Gasteiger partial charge in [0.25, 0.3) is 11.8 Å². The van der Waals surface area contributed by atoms with Gasteiger partial charge < -0.3 is 10.6 Å². The summed E-state index contributed by atoms with van der Waals surface area (Å²) in [4.78, 5) is 26.2. The number of nitrogens with one attached hydrogen (secondary N) is 2. The van der Waals surface area contributed by atoms with Crippen LogP contribution < -0.4 is 10.6 Å². The zero-order chi connectivity index (χ0) is 22.5. The first-order valence-corrected chi connectivity index (χ1v) is 9.97. The van der Waals surface area contributed by atoms with E-state index in [1.54, 1.807) is 18.2 Å². The molecule has 5 heteroatoms. The van der Waals surface area contributed by atoms with Gasteiger partial charge in [0.2, 0.25) is 0 Å². The standard InChI is InChI=1S/C26H25FN2O2/c1-16-8-10-23(18(3)12-16)28-25(30)22(15-20-6-5-7-21(27)14-20)26(31)29-24-11-9-17(2)13-19(24)4/h5-15H,1-4H3,(H,28,30)(H,29,31). The summed E-state index contributed by atoms with van der Waals surface area (Å²) in [5.74, 6) is -1.59. The normalized spacial score (nSPS) is 10.4. The van der Waals surface area contributed by atoms with Crippen molar-refractivity contribution < 1.29 is 14.0 Å². The minimum absolute atomic E-state index is 0.120. The SMILES string of the molecule is Cc1ccc(NC(=O)C(=Cc2cccc(F)c2)C(=O)Nc2ccc(C)cc2C)c(C)c1. The average Bonchev–Trinajstić information content (AvgIpc) is 2.70. The second-order valence-corrected chi connectivity index (χ2v) is 7.66. The number of carbonyl (C=O) groups is 2. The van der Waals surface area contributed by atoms with Gasteiger partial charge in [0.15, 0.2) is 0 Å². The number of carbonyl (C=O) groups excluding carboxylic acids is 2. The maximum absolute atomic E-state index is 13.7. The van der Waals surface area contributed by atoms with Crippen molar-refractivity contribution in [3.63, 3.8) is 0 Å². The van der Waals surface area contributed by atoms with E-state index in [4.69, 9.17) is 0 Å². The summed E-state index contributed by atoms with van der Waals surface area (Å²) >= 11 is 0. The molecule has 0 aliphatic rings. The molecule has 0 spiro atoms. The van der Waals surface area contributed by atoms with Crippen LogP contribution in [-0.4, -0.2) is 11.8 Å². The molecule has 3 rings (SSSR count). The fourth-order valence-electron chi connectivity index (χ4n) is 3.28. The summed E-state index contributed by atoms with van der Waals surface area (Å²) in [5, 5.41) is 5.60. The number of rotatable bonds is 5. The molecule has 0 aliphatic carbocycles. The van der Waals surface area contributed by atoms with Crippen LogP contribution >= 0.6 is 0 Å². The zero-order valence-electron chi connectivity index (χ0n) is 18.0. The minimum atomic E-state index is -0.571. The second-order valence-electron chi connectivity index (χ2n) is 7.66. The highest BCUT2D eigenvalue weighted by atomic mass is 19.1. The van der Waals surface area contributed by atoms with Crippen molar-refractivity contribution in [3.8, 4) is 0 Å². The Hall–Kier alpha value is -3.73. The average molecular weight is 416 g/mol. The molecule has 0 aliphatic heterocycles. The van der Waals surface area contributed by atoms with Crippen molar-refractivity contribution in [2.24, 2.45) is 0 Å². The van der Waals surface area contributed by atoms with Crippen LogP contribution in [0.2, 0.25) is 0 Å². The van der Waals surface area contributed by atoms with Gasteiger partial charge in [-0.2, -0.15) is 0 Å². The predicted octanol–water partition coefficient (Wildman–Crippen LogP) is 5.72. The van der Waals surface area contributed by atoms with Crippen molar-refractivity contribution in [2.75, 3.05) is 10.6 Å². The Labute approximate surface area is 181 Å². The lowest BCUT2D eigenvalue weighted by molar-refractivity contribution is -0.118. The first kappa shape index (κ1) is 22.0. The maximum Gasteiger partial charge on any atom is 0.261 e. The Morgan fingerprint density at radius 3 is 1.71 bits per heavy atom. The summed E-state index contributed by atoms with van der Waals surface area (Å²) in [7, 11) is 0. The van der Waals surface area contributed by atoms with Crippen LogP contribution in [0.15, 0.2) is 66.2 Å². The molecule has 3 aromatic carbocycles. The van der Waals surface area contributed by atoms with Gasteiger partial charge in [-0.15, -0.1) is 0 Å². The van der Waals surface area contributed by atoms with Gasteiger partial charge in [0.05, 0.1) is 0 Å². The van der Waals surface area contributed by atoms with Crippen molar-refractivity contribution >= 4 is 29.3 Å². The van der Waals surface area contributed by atoms with Gasteiger partial charge in [0, 0.05) is 11.4 Å². The summed E-state index contributed by atoms with van der Waals surface area (Å²) in [6.07, 6.45) is 1.39. The first-order chi connectivity index (χ1) is 14.7. The van der Waals surface area contributed by atoms with Crippen LogP contribution in [0.1, 0.15) is 27.8 Å². The Balaban J connectivity index is 1.95. The molecule has 3 aromatic rings. The van der Waals surface area contributed by atoms with Crippen LogP contribution in [0, 0.1) is 33.5 Å². The van der Waals surface area contributed by atoms with Crippen LogP contribution in [-0.2, 0) is 9.59 Å². The molecule has 2 N–H and O–H groups in total. The van der Waals surface area contributed by atoms with Gasteiger partial charge in [-0.3, -0.25) is 9.59 Å². The maximum atomic E-state index is 13.7. The molecular weight excluding hydrogens is 391 g/mol. The number of halogens is 1. The number of hydrogen-bond acceptors (Lipinski definition) is 2. The van der Waals surface area contributed by atoms with E-state index < -0.39 is 17.6 Å². The molecule has 0 saturated heterocycles. The Kier molecular flexibility index (Phi) is 6.65. The highest BCUT2D eigenvalue weighted by molar-refractivity contribution is 6.29. The summed E-state index contributed by atoms with van der Waals surface area (Å²) < 4.78 is 13.7. The minimum Gasteiger partial charge on any atom is -0.322 e. The fraction of sp³-hybridized carbons (Fsp3) is 0.154. The molecule has 0 unspecified atom stereocenters. The molecule has 0 heterocycles. The van der Waals surface area contributed by atoms with E-state index in [9.17, 15) is 14.0 Å². The van der Waals surface area contributed by atoms with Crippen LogP contribution in [0.25, 0.3) is 6.08 Å². The molecule has 158 valence electrons. The van der Waals surface area contributed by atoms with Crippen LogP contribution in [0.3, 0.4) is 0 Å². The van der Waals surface area contributed by atoms with Crippen molar-refractivity contribution in [1.82, 2.24) is 0 Å². The molecule has 0 bridgehead atoms. The van der Waals surface area contributed by atoms with Crippen molar-refractivity contribution in [2.45, 2.75) is 27.7 Å². The Morgan fingerprint density at radius 1 is 0.742 bits per heavy atom. The van der Waals surface area contributed by atoms with E-state index in [2.05, 4.69) is 10.6 Å². The quantitative estimate of drug-likeness (QED) is 0.317. The smallest absolute Gasteiger partial charge is 0.261 e. The van der Waals surface area contributed by atoms with Gasteiger partial charge in [-0.05, 0) is 74.7 Å². The van der Waals surface area contributed by atoms with E-state index >= 15 is 0 Å². The Morgan fingerprint density at radius 2 is 1.26 bits per heavy atom. The van der Waals surface area contributed by atoms with Crippen molar-refractivity contribution in [1.29, 1.82) is 0 Å². The zero-order valence-corrected chi connectivity index (χ0v) is 18.0. The van der Waals surface area contributed by atoms with E-state index in [0.717, 1.165) is 22.3 Å². The number of benzene rings is 3. The lowest BCUT2D eigenvalue weighted by Gasteiger charge is -2.14. The topological polar surface area (TPSA) is 58.2 Å². The molecular formula is C26H25FN2O2. The number of hydrogen-bond donors (Lipinski definition) is 2. The molecule has 31 heavy (non-hydrogen) atoms. The van der Waals surface area contributed by atoms with Gasteiger partial charge in [-0.1, -0.05) is 47.5 Å². The largest absolute Gasteiger partial charge is 0.322 e. The number of amides is 2. The van der Waals surface area contributed by atoms with Crippen LogP contribution in [0.5, 0.6) is 0 Å². The van der Waals surface area contributed by atoms with E-state index in [1.807, 2.05) is 52.0 Å². The van der Waals surface area contributed by atoms with E-state index in [1.165, 1.54) is 24.3 Å². The molecule has 2 amide bonds. The van der Waals surface area contributed by atoms with Crippen LogP contribution in [0.4, 0.5) is 15.8 Å². The summed E-state index contributed by atoms with van der Waals surface area (Å²) in [6, 6.07) is 17.0. The van der Waals surface area contributed by atoms with Crippen molar-refractivity contribution in [3.05, 3.63) is 99.9 Å². The number of aryl methyl sites for hydroxylation is 4. The third-order valence-electron chi connectivity index (χ3n) is 4.91. The van der Waals surface area contributed by atoms with E-state index in [-0.39, 0.29) is 5.57 Å². The van der Waals surface area contributed by atoms with Gasteiger partial charge >= 0.3 is 0 Å². The summed E-state index contributed by atoms with van der Waals surface area (Å²) in [6.45, 7) is 7.69. The third-order valence-corrected chi connectivity index (χ3v) is 4.91. The summed E-state index contributed by atoms with van der Waals surface area (Å²) in [5.41, 5.74) is 5.42. The molecule has 4 nitrogen and oxygen atoms in total. The second kappa shape index (κ2) is 9.39. The van der Waals surface area contributed by atoms with E-state index in [0.29, 0.717) is 16.9 Å². The molecule has 0 saturated carbocycles. The molecule has 0 radical (unpaired) electrons. The first-order valence-electron chi connectivity index (χ1n) is 9.97. The lowest BCUT2D eigenvalue weighted by Crippen LogP contribution is -2.26. The lowest BCUT2D eigenvalue weighted by atomic mass is 10.1. The van der Waals surface area contributed by atoms with Gasteiger partial charge in [-0.25, -0.2) is 4.39 Å². The monoisotopic (exact) mass is 416 g/mol.